The number of rotatable bonds is 5. The molecule has 2 nitrogen and oxygen atoms in total. The van der Waals surface area contributed by atoms with Crippen molar-refractivity contribution in [1.29, 1.82) is 0 Å². The third-order valence-electron chi connectivity index (χ3n) is 5.41. The molecule has 0 aliphatic heterocycles. The molecule has 0 aromatic heterocycles. The van der Waals surface area contributed by atoms with Gasteiger partial charge in [-0.25, -0.2) is 0 Å². The molecular weight excluding hydrogens is 342 g/mol. The first-order valence-corrected chi connectivity index (χ1v) is 9.95. The lowest BCUT2D eigenvalue weighted by Crippen LogP contribution is -2.27. The van der Waals surface area contributed by atoms with Gasteiger partial charge in [0.05, 0.1) is 6.04 Å². The lowest BCUT2D eigenvalue weighted by Gasteiger charge is -2.17. The Hall–Kier alpha value is -3.13. The average Bonchev–Trinajstić information content (AvgIpc) is 3.21. The van der Waals surface area contributed by atoms with Crippen LogP contribution in [-0.4, -0.2) is 5.91 Å². The normalized spacial score (nSPS) is 14.4. The number of hydrogen-bond donors (Lipinski definition) is 1. The molecule has 0 saturated heterocycles. The summed E-state index contributed by atoms with van der Waals surface area (Å²) in [6.07, 6.45) is 5.51. The maximum atomic E-state index is 13.2. The first kappa shape index (κ1) is 18.2. The average molecular weight is 367 g/mol. The minimum absolute atomic E-state index is 0.0405. The predicted molar refractivity (Wildman–Crippen MR) is 116 cm³/mol. The number of benzene rings is 3. The Labute approximate surface area is 166 Å². The predicted octanol–water partition coefficient (Wildman–Crippen LogP) is 5.59. The van der Waals surface area contributed by atoms with Crippen molar-refractivity contribution in [2.75, 3.05) is 0 Å². The molecule has 0 saturated carbocycles. The molecule has 0 radical (unpaired) electrons. The SMILES string of the molecule is C[C@@H](NC(=O)/C(=C/c1ccccc1)c1ccccc1)c1ccc2c(c1)CCC2. The molecule has 0 fully saturated rings. The molecule has 3 aromatic rings. The molecule has 140 valence electrons. The van der Waals surface area contributed by atoms with Crippen molar-refractivity contribution >= 4 is 17.6 Å². The molecule has 1 aliphatic rings. The van der Waals surface area contributed by atoms with E-state index >= 15 is 0 Å². The second-order valence-electron chi connectivity index (χ2n) is 7.41. The van der Waals surface area contributed by atoms with Crippen LogP contribution in [0.15, 0.2) is 78.9 Å². The Kier molecular flexibility index (Phi) is 5.38. The van der Waals surface area contributed by atoms with E-state index in [-0.39, 0.29) is 11.9 Å². The highest BCUT2D eigenvalue weighted by Gasteiger charge is 2.18. The van der Waals surface area contributed by atoms with E-state index in [0.717, 1.165) is 17.5 Å². The van der Waals surface area contributed by atoms with Crippen molar-refractivity contribution in [3.63, 3.8) is 0 Å². The Morgan fingerprint density at radius 3 is 2.32 bits per heavy atom. The van der Waals surface area contributed by atoms with Gasteiger partial charge >= 0.3 is 0 Å². The fraction of sp³-hybridized carbons (Fsp3) is 0.192. The van der Waals surface area contributed by atoms with Crippen molar-refractivity contribution < 1.29 is 4.79 Å². The van der Waals surface area contributed by atoms with Crippen LogP contribution in [0.25, 0.3) is 11.6 Å². The minimum Gasteiger partial charge on any atom is -0.345 e. The molecule has 1 N–H and O–H groups in total. The molecule has 2 heteroatoms. The summed E-state index contributed by atoms with van der Waals surface area (Å²) in [5, 5.41) is 3.20. The fourth-order valence-electron chi connectivity index (χ4n) is 3.83. The highest BCUT2D eigenvalue weighted by molar-refractivity contribution is 6.24. The summed E-state index contributed by atoms with van der Waals surface area (Å²) < 4.78 is 0. The number of fused-ring (bicyclic) bond motifs is 1. The number of aryl methyl sites for hydroxylation is 2. The molecule has 0 spiro atoms. The van der Waals surface area contributed by atoms with E-state index < -0.39 is 0 Å². The van der Waals surface area contributed by atoms with Gasteiger partial charge in [0.2, 0.25) is 0 Å². The minimum atomic E-state index is -0.0527. The molecule has 28 heavy (non-hydrogen) atoms. The summed E-state index contributed by atoms with van der Waals surface area (Å²) in [6, 6.07) is 26.4. The third kappa shape index (κ3) is 4.07. The second-order valence-corrected chi connectivity index (χ2v) is 7.41. The Morgan fingerprint density at radius 2 is 1.57 bits per heavy atom. The number of carbonyl (C=O) groups is 1. The van der Waals surface area contributed by atoms with Gasteiger partial charge in [0.1, 0.15) is 0 Å². The van der Waals surface area contributed by atoms with Gasteiger partial charge in [-0.15, -0.1) is 0 Å². The van der Waals surface area contributed by atoms with E-state index in [4.69, 9.17) is 0 Å². The molecule has 3 aromatic carbocycles. The van der Waals surface area contributed by atoms with Crippen LogP contribution in [0.1, 0.15) is 47.2 Å². The topological polar surface area (TPSA) is 29.1 Å². The van der Waals surface area contributed by atoms with Gasteiger partial charge in [0, 0.05) is 5.57 Å². The summed E-state index contributed by atoms with van der Waals surface area (Å²) in [4.78, 5) is 13.2. The summed E-state index contributed by atoms with van der Waals surface area (Å²) in [5.41, 5.74) is 6.67. The highest BCUT2D eigenvalue weighted by atomic mass is 16.1. The Bertz CT molecular complexity index is 989. The van der Waals surface area contributed by atoms with Gasteiger partial charge in [-0.2, -0.15) is 0 Å². The molecule has 0 unspecified atom stereocenters. The van der Waals surface area contributed by atoms with Crippen LogP contribution in [-0.2, 0) is 17.6 Å². The van der Waals surface area contributed by atoms with E-state index in [1.807, 2.05) is 66.7 Å². The van der Waals surface area contributed by atoms with E-state index in [9.17, 15) is 4.79 Å². The van der Waals surface area contributed by atoms with Crippen LogP contribution in [0.3, 0.4) is 0 Å². The van der Waals surface area contributed by atoms with Crippen molar-refractivity contribution in [3.05, 3.63) is 107 Å². The van der Waals surface area contributed by atoms with Crippen LogP contribution < -0.4 is 5.32 Å². The molecule has 1 aliphatic carbocycles. The Morgan fingerprint density at radius 1 is 0.893 bits per heavy atom. The maximum Gasteiger partial charge on any atom is 0.252 e. The zero-order valence-electron chi connectivity index (χ0n) is 16.2. The van der Waals surface area contributed by atoms with Gasteiger partial charge in [0.25, 0.3) is 5.91 Å². The highest BCUT2D eigenvalue weighted by Crippen LogP contribution is 2.26. The zero-order valence-corrected chi connectivity index (χ0v) is 16.2. The third-order valence-corrected chi connectivity index (χ3v) is 5.41. The first-order chi connectivity index (χ1) is 13.7. The quantitative estimate of drug-likeness (QED) is 0.462. The number of hydrogen-bond acceptors (Lipinski definition) is 1. The van der Waals surface area contributed by atoms with E-state index in [1.165, 1.54) is 29.5 Å². The zero-order chi connectivity index (χ0) is 19.3. The summed E-state index contributed by atoms with van der Waals surface area (Å²) in [7, 11) is 0. The summed E-state index contributed by atoms with van der Waals surface area (Å²) in [5.74, 6) is -0.0527. The molecule has 1 atom stereocenters. The largest absolute Gasteiger partial charge is 0.345 e. The molecular formula is C26H25NO. The number of carbonyl (C=O) groups excluding carboxylic acids is 1. The van der Waals surface area contributed by atoms with Crippen LogP contribution in [0.4, 0.5) is 0 Å². The fourth-order valence-corrected chi connectivity index (χ4v) is 3.83. The van der Waals surface area contributed by atoms with Crippen molar-refractivity contribution in [3.8, 4) is 0 Å². The number of nitrogens with one attached hydrogen (secondary N) is 1. The van der Waals surface area contributed by atoms with Gasteiger partial charge in [-0.05, 0) is 60.1 Å². The van der Waals surface area contributed by atoms with Gasteiger partial charge in [-0.3, -0.25) is 4.79 Å². The first-order valence-electron chi connectivity index (χ1n) is 9.95. The van der Waals surface area contributed by atoms with Crippen molar-refractivity contribution in [2.24, 2.45) is 0 Å². The van der Waals surface area contributed by atoms with Crippen LogP contribution in [0.5, 0.6) is 0 Å². The van der Waals surface area contributed by atoms with Crippen molar-refractivity contribution in [1.82, 2.24) is 5.32 Å². The monoisotopic (exact) mass is 367 g/mol. The smallest absolute Gasteiger partial charge is 0.252 e. The van der Waals surface area contributed by atoms with Crippen LogP contribution >= 0.6 is 0 Å². The van der Waals surface area contributed by atoms with Gasteiger partial charge < -0.3 is 5.32 Å². The lowest BCUT2D eigenvalue weighted by atomic mass is 9.99. The Balaban J connectivity index is 1.60. The van der Waals surface area contributed by atoms with Gasteiger partial charge in [-0.1, -0.05) is 78.9 Å². The van der Waals surface area contributed by atoms with Crippen molar-refractivity contribution in [2.45, 2.75) is 32.2 Å². The van der Waals surface area contributed by atoms with E-state index in [1.54, 1.807) is 0 Å². The summed E-state index contributed by atoms with van der Waals surface area (Å²) >= 11 is 0. The van der Waals surface area contributed by atoms with Crippen LogP contribution in [0, 0.1) is 0 Å². The standard InChI is InChI=1S/C26H25NO/c1-19(23-16-15-21-13-8-14-24(21)18-23)27-26(28)25(22-11-6-3-7-12-22)17-20-9-4-2-5-10-20/h2-7,9-12,15-19H,8,13-14H2,1H3,(H,27,28)/b25-17+/t19-/m1/s1. The van der Waals surface area contributed by atoms with E-state index in [2.05, 4.69) is 30.4 Å². The second kappa shape index (κ2) is 8.26. The number of amides is 1. The molecule has 0 heterocycles. The van der Waals surface area contributed by atoms with Crippen LogP contribution in [0.2, 0.25) is 0 Å². The van der Waals surface area contributed by atoms with E-state index in [0.29, 0.717) is 5.57 Å². The maximum absolute atomic E-state index is 13.2. The molecule has 4 rings (SSSR count). The molecule has 0 bridgehead atoms. The molecule has 1 amide bonds. The van der Waals surface area contributed by atoms with Gasteiger partial charge in [0.15, 0.2) is 0 Å². The lowest BCUT2D eigenvalue weighted by molar-refractivity contribution is -0.116. The summed E-state index contributed by atoms with van der Waals surface area (Å²) in [6.45, 7) is 2.06.